The van der Waals surface area contributed by atoms with E-state index in [-0.39, 0.29) is 47.2 Å². The van der Waals surface area contributed by atoms with Crippen molar-refractivity contribution in [3.05, 3.63) is 40.7 Å². The quantitative estimate of drug-likeness (QED) is 0.201. The second-order valence-electron chi connectivity index (χ2n) is 11.9. The minimum absolute atomic E-state index is 0.0468. The molecule has 3 heterocycles. The predicted molar refractivity (Wildman–Crippen MR) is 186 cm³/mol. The monoisotopic (exact) mass is 699 g/mol. The number of rotatable bonds is 15. The van der Waals surface area contributed by atoms with Gasteiger partial charge in [0.15, 0.2) is 41.7 Å². The molecule has 0 aliphatic carbocycles. The molecule has 1 spiro atoms. The maximum absolute atomic E-state index is 13.0. The number of esters is 1. The Morgan fingerprint density at radius 2 is 1.65 bits per heavy atom. The lowest BCUT2D eigenvalue weighted by atomic mass is 9.88. The van der Waals surface area contributed by atoms with E-state index < -0.39 is 11.9 Å². The summed E-state index contributed by atoms with van der Waals surface area (Å²) < 4.78 is 10.6. The molecular formula is C33H46ClN9O6. The van der Waals surface area contributed by atoms with Crippen LogP contribution in [-0.2, 0) is 25.5 Å². The fourth-order valence-corrected chi connectivity index (χ4v) is 5.87. The van der Waals surface area contributed by atoms with Crippen LogP contribution in [0.4, 0.5) is 11.6 Å². The molecule has 2 aliphatic heterocycles. The zero-order chi connectivity index (χ0) is 35.4. The Morgan fingerprint density at radius 3 is 2.29 bits per heavy atom. The van der Waals surface area contributed by atoms with Crippen LogP contribution in [0, 0.1) is 0 Å². The molecule has 1 saturated heterocycles. The van der Waals surface area contributed by atoms with Gasteiger partial charge in [0.1, 0.15) is 5.75 Å². The first kappa shape index (κ1) is 37.2. The number of amides is 3. The second kappa shape index (κ2) is 17.7. The number of piperidine rings is 1. The van der Waals surface area contributed by atoms with Crippen LogP contribution in [0.25, 0.3) is 0 Å². The molecule has 16 heteroatoms. The molecular weight excluding hydrogens is 654 g/mol. The van der Waals surface area contributed by atoms with Crippen molar-refractivity contribution in [1.29, 1.82) is 0 Å². The van der Waals surface area contributed by atoms with E-state index in [1.54, 1.807) is 31.1 Å². The number of likely N-dealkylation sites (tertiary alicyclic amines) is 1. The van der Waals surface area contributed by atoms with Gasteiger partial charge in [-0.2, -0.15) is 0 Å². The zero-order valence-electron chi connectivity index (χ0n) is 28.6. The summed E-state index contributed by atoms with van der Waals surface area (Å²) in [5.74, 6) is 0.219. The number of ether oxygens (including phenoxy) is 2. The molecule has 3 amide bonds. The third-order valence-corrected chi connectivity index (χ3v) is 8.64. The van der Waals surface area contributed by atoms with Crippen molar-refractivity contribution in [3.63, 3.8) is 0 Å². The molecule has 0 radical (unpaired) electrons. The van der Waals surface area contributed by atoms with E-state index in [9.17, 15) is 19.2 Å². The first-order valence-electron chi connectivity index (χ1n) is 16.6. The van der Waals surface area contributed by atoms with Crippen LogP contribution < -0.4 is 26.0 Å². The third kappa shape index (κ3) is 10.2. The van der Waals surface area contributed by atoms with E-state index >= 15 is 0 Å². The summed E-state index contributed by atoms with van der Waals surface area (Å²) in [5, 5.41) is 11.9. The summed E-state index contributed by atoms with van der Waals surface area (Å²) in [7, 11) is 3.30. The van der Waals surface area contributed by atoms with E-state index in [4.69, 9.17) is 21.1 Å². The van der Waals surface area contributed by atoms with Crippen molar-refractivity contribution < 1.29 is 28.7 Å². The topological polar surface area (TPSA) is 179 Å². The number of benzene rings is 1. The highest BCUT2D eigenvalue weighted by Gasteiger charge is 2.40. The van der Waals surface area contributed by atoms with Gasteiger partial charge in [0.2, 0.25) is 5.91 Å². The maximum atomic E-state index is 13.0. The first-order valence-corrected chi connectivity index (χ1v) is 17.0. The van der Waals surface area contributed by atoms with Crippen LogP contribution >= 0.6 is 11.6 Å². The summed E-state index contributed by atoms with van der Waals surface area (Å²) in [6, 6.07) is 7.21. The molecule has 0 saturated carbocycles. The third-order valence-electron chi connectivity index (χ3n) is 8.37. The largest absolute Gasteiger partial charge is 0.482 e. The molecule has 4 rings (SSSR count). The minimum atomic E-state index is -0.612. The number of aryl methyl sites for hydroxylation is 1. The molecule has 0 unspecified atom stereocenters. The molecule has 2 aliphatic rings. The maximum Gasteiger partial charge on any atom is 0.344 e. The Kier molecular flexibility index (Phi) is 13.4. The average Bonchev–Trinajstić information content (AvgIpc) is 3.49. The number of nitrogens with one attached hydrogen (secondary N) is 4. The molecule has 1 aromatic carbocycles. The Morgan fingerprint density at radius 1 is 0.980 bits per heavy atom. The highest BCUT2D eigenvalue weighted by Crippen LogP contribution is 2.27. The van der Waals surface area contributed by atoms with Gasteiger partial charge in [0, 0.05) is 46.7 Å². The number of carbonyl (C=O) groups excluding carboxylic acids is 4. The van der Waals surface area contributed by atoms with Crippen LogP contribution in [0.15, 0.2) is 29.3 Å². The molecule has 0 bridgehead atoms. The van der Waals surface area contributed by atoms with Crippen molar-refractivity contribution in [2.24, 2.45) is 4.99 Å². The van der Waals surface area contributed by atoms with Gasteiger partial charge in [-0.3, -0.25) is 24.7 Å². The van der Waals surface area contributed by atoms with Crippen molar-refractivity contribution in [1.82, 2.24) is 30.4 Å². The van der Waals surface area contributed by atoms with E-state index in [1.165, 1.54) is 0 Å². The van der Waals surface area contributed by atoms with Crippen LogP contribution in [0.2, 0.25) is 5.15 Å². The predicted octanol–water partition coefficient (Wildman–Crippen LogP) is 2.47. The standard InChI is InChI=1S/C33H46ClN9O6/c1-5-15-42(16-6-2)25(45)19-49-26(46)20-48-23-10-7-22(8-11-23)9-12-24(44)43-17-13-33(14-18-43)21-37-32(41-33)40-31(47)27-29(35-3)39-30(36-4)28(34)38-27/h7-8,10-11H,5-6,9,12-21H2,1-4H3,(H2,35,36,39)(H2,37,40,41,47). The fraction of sp³-hybridized carbons (Fsp3) is 0.545. The highest BCUT2D eigenvalue weighted by atomic mass is 35.5. The van der Waals surface area contributed by atoms with Gasteiger partial charge in [-0.15, -0.1) is 0 Å². The van der Waals surface area contributed by atoms with Crippen molar-refractivity contribution >= 4 is 52.9 Å². The lowest BCUT2D eigenvalue weighted by Crippen LogP contribution is -2.57. The number of halogens is 1. The van der Waals surface area contributed by atoms with Crippen LogP contribution in [0.5, 0.6) is 5.75 Å². The molecule has 4 N–H and O–H groups in total. The van der Waals surface area contributed by atoms with Gasteiger partial charge in [-0.05, 0) is 49.8 Å². The number of guanidine groups is 1. The summed E-state index contributed by atoms with van der Waals surface area (Å²) >= 11 is 6.15. The normalized spacial score (nSPS) is 14.8. The van der Waals surface area contributed by atoms with E-state index in [0.717, 1.165) is 18.4 Å². The van der Waals surface area contributed by atoms with Gasteiger partial charge in [0.25, 0.3) is 11.8 Å². The van der Waals surface area contributed by atoms with Crippen molar-refractivity contribution in [3.8, 4) is 5.75 Å². The van der Waals surface area contributed by atoms with Crippen LogP contribution in [0.1, 0.15) is 62.0 Å². The Balaban J connectivity index is 1.16. The number of hydrogen-bond donors (Lipinski definition) is 4. The van der Waals surface area contributed by atoms with Gasteiger partial charge in [0.05, 0.1) is 12.1 Å². The number of hydrogen-bond acceptors (Lipinski definition) is 12. The molecule has 1 fully saturated rings. The molecule has 266 valence electrons. The number of aromatic nitrogens is 2. The van der Waals surface area contributed by atoms with Crippen molar-refractivity contribution in [2.75, 3.05) is 70.7 Å². The number of nitrogens with zero attached hydrogens (tertiary/aromatic N) is 5. The molecule has 2 aromatic rings. The summed E-state index contributed by atoms with van der Waals surface area (Å²) in [4.78, 5) is 66.9. The second-order valence-corrected chi connectivity index (χ2v) is 12.3. The Labute approximate surface area is 291 Å². The molecule has 15 nitrogen and oxygen atoms in total. The Hall–Kier alpha value is -4.66. The molecule has 0 atom stereocenters. The fourth-order valence-electron chi connectivity index (χ4n) is 5.65. The van der Waals surface area contributed by atoms with Crippen LogP contribution in [0.3, 0.4) is 0 Å². The lowest BCUT2D eigenvalue weighted by Gasteiger charge is -2.39. The Bertz CT molecular complexity index is 1510. The number of carbonyl (C=O) groups is 4. The van der Waals surface area contributed by atoms with E-state index in [1.807, 2.05) is 30.9 Å². The van der Waals surface area contributed by atoms with Gasteiger partial charge in [-0.1, -0.05) is 37.6 Å². The van der Waals surface area contributed by atoms with E-state index in [2.05, 4.69) is 36.2 Å². The van der Waals surface area contributed by atoms with Gasteiger partial charge in [-0.25, -0.2) is 14.8 Å². The molecule has 49 heavy (non-hydrogen) atoms. The lowest BCUT2D eigenvalue weighted by molar-refractivity contribution is -0.153. The van der Waals surface area contributed by atoms with E-state index in [0.29, 0.717) is 75.9 Å². The van der Waals surface area contributed by atoms with Crippen LogP contribution in [-0.4, -0.2) is 115 Å². The number of aliphatic imine (C=N–C) groups is 1. The van der Waals surface area contributed by atoms with Gasteiger partial charge < -0.3 is 35.2 Å². The highest BCUT2D eigenvalue weighted by molar-refractivity contribution is 6.32. The summed E-state index contributed by atoms with van der Waals surface area (Å²) in [6.45, 7) is 6.28. The summed E-state index contributed by atoms with van der Waals surface area (Å²) in [6.07, 6.45) is 3.96. The molecule has 1 aromatic heterocycles. The average molecular weight is 700 g/mol. The SMILES string of the molecule is CCCN(CCC)C(=O)COC(=O)COc1ccc(CCC(=O)N2CCC3(CC2)CN=C(NC(=O)c2nc(Cl)c(NC)nc2NC)N3)cc1. The smallest absolute Gasteiger partial charge is 0.344 e. The number of anilines is 2. The zero-order valence-corrected chi connectivity index (χ0v) is 29.3. The van der Waals surface area contributed by atoms with Gasteiger partial charge >= 0.3 is 5.97 Å². The summed E-state index contributed by atoms with van der Waals surface area (Å²) in [5.41, 5.74) is 0.673. The minimum Gasteiger partial charge on any atom is -0.482 e. The van der Waals surface area contributed by atoms with Crippen molar-refractivity contribution in [2.45, 2.75) is 57.9 Å². The first-order chi connectivity index (χ1) is 23.6.